The van der Waals surface area contributed by atoms with Gasteiger partial charge in [0.05, 0.1) is 0 Å². The van der Waals surface area contributed by atoms with Gasteiger partial charge in [-0.2, -0.15) is 0 Å². The van der Waals surface area contributed by atoms with Crippen LogP contribution in [0.25, 0.3) is 0 Å². The lowest BCUT2D eigenvalue weighted by Gasteiger charge is -2.10. The largest absolute Gasteiger partial charge is 0.538 e. The monoisotopic (exact) mass is 164 g/mol. The maximum absolute atomic E-state index is 8.62. The van der Waals surface area contributed by atoms with Crippen LogP contribution in [0.2, 0.25) is 0 Å². The lowest BCUT2D eigenvalue weighted by molar-refractivity contribution is 0.449. The van der Waals surface area contributed by atoms with Crippen molar-refractivity contribution < 1.29 is 9.68 Å². The summed E-state index contributed by atoms with van der Waals surface area (Å²) in [5, 5.41) is 8.62. The molecule has 0 saturated heterocycles. The predicted molar refractivity (Wildman–Crippen MR) is 50.6 cm³/mol. The summed E-state index contributed by atoms with van der Waals surface area (Å²) in [5.41, 5.74) is 3.36. The summed E-state index contributed by atoms with van der Waals surface area (Å²) >= 11 is 0. The molecular weight excluding hydrogens is 151 g/mol. The van der Waals surface area contributed by atoms with E-state index in [-0.39, 0.29) is 7.69 Å². The third kappa shape index (κ3) is 1.80. The lowest BCUT2D eigenvalue weighted by Crippen LogP contribution is -2.03. The Balaban J connectivity index is 3.10. The smallest absolute Gasteiger partial charge is 0.504 e. The summed E-state index contributed by atoms with van der Waals surface area (Å²) in [6.45, 7) is 6.00. The lowest BCUT2D eigenvalue weighted by atomic mass is 10.1. The molecule has 1 aromatic rings. The molecule has 3 heteroatoms. The average molecular weight is 164 g/mol. The van der Waals surface area contributed by atoms with Crippen molar-refractivity contribution in [2.45, 2.75) is 20.8 Å². The summed E-state index contributed by atoms with van der Waals surface area (Å²) in [6, 6.07) is 4.08. The Morgan fingerprint density at radius 3 is 2.08 bits per heavy atom. The van der Waals surface area contributed by atoms with E-state index < -0.39 is 0 Å². The first-order valence-corrected chi connectivity index (χ1v) is 3.96. The van der Waals surface area contributed by atoms with Crippen molar-refractivity contribution in [1.29, 1.82) is 0 Å². The minimum atomic E-state index is -0.259. The Hall–Kier alpha value is -0.955. The van der Waals surface area contributed by atoms with Crippen molar-refractivity contribution >= 4 is 7.69 Å². The highest BCUT2D eigenvalue weighted by molar-refractivity contribution is 6.17. The van der Waals surface area contributed by atoms with Crippen molar-refractivity contribution in [3.05, 3.63) is 28.8 Å². The highest BCUT2D eigenvalue weighted by Crippen LogP contribution is 2.23. The van der Waals surface area contributed by atoms with Crippen LogP contribution in [0.1, 0.15) is 16.7 Å². The predicted octanol–water partition coefficient (Wildman–Crippen LogP) is 1.25. The van der Waals surface area contributed by atoms with Gasteiger partial charge in [0.15, 0.2) is 0 Å². The molecule has 64 valence electrons. The zero-order chi connectivity index (χ0) is 9.14. The van der Waals surface area contributed by atoms with Crippen LogP contribution in [0.4, 0.5) is 0 Å². The molecule has 0 atom stereocenters. The first kappa shape index (κ1) is 9.14. The molecule has 0 unspecified atom stereocenters. The van der Waals surface area contributed by atoms with Crippen LogP contribution in [-0.4, -0.2) is 12.7 Å². The second-order valence-electron chi connectivity index (χ2n) is 3.00. The topological polar surface area (TPSA) is 29.5 Å². The third-order valence-electron chi connectivity index (χ3n) is 1.81. The van der Waals surface area contributed by atoms with E-state index in [9.17, 15) is 0 Å². The molecule has 0 heterocycles. The molecular formula is C9H13BO2. The van der Waals surface area contributed by atoms with E-state index in [0.29, 0.717) is 0 Å². The standard InChI is InChI=1S/C9H13BO2/c1-6-4-7(2)9(12-10-11)8(3)5-6/h4-5,10-11H,1-3H3. The first-order chi connectivity index (χ1) is 5.65. The summed E-state index contributed by atoms with van der Waals surface area (Å²) in [4.78, 5) is 0. The molecule has 0 aliphatic rings. The van der Waals surface area contributed by atoms with Crippen molar-refractivity contribution in [2.75, 3.05) is 0 Å². The van der Waals surface area contributed by atoms with Crippen LogP contribution in [0, 0.1) is 20.8 Å². The van der Waals surface area contributed by atoms with E-state index in [0.717, 1.165) is 16.9 Å². The molecule has 1 rings (SSSR count). The summed E-state index contributed by atoms with van der Waals surface area (Å²) < 4.78 is 5.08. The normalized spacial score (nSPS) is 9.67. The molecule has 1 N–H and O–H groups in total. The van der Waals surface area contributed by atoms with E-state index in [4.69, 9.17) is 9.68 Å². The third-order valence-corrected chi connectivity index (χ3v) is 1.81. The molecule has 0 fully saturated rings. The van der Waals surface area contributed by atoms with Crippen LogP contribution in [0.5, 0.6) is 5.75 Å². The fourth-order valence-electron chi connectivity index (χ4n) is 1.46. The molecule has 0 bridgehead atoms. The van der Waals surface area contributed by atoms with Gasteiger partial charge < -0.3 is 9.68 Å². The van der Waals surface area contributed by atoms with Crippen molar-refractivity contribution in [3.63, 3.8) is 0 Å². The van der Waals surface area contributed by atoms with Gasteiger partial charge in [-0.3, -0.25) is 0 Å². The molecule has 0 aliphatic carbocycles. The Morgan fingerprint density at radius 2 is 1.67 bits per heavy atom. The van der Waals surface area contributed by atoms with Crippen LogP contribution in [-0.2, 0) is 0 Å². The maximum atomic E-state index is 8.62. The number of rotatable bonds is 2. The maximum Gasteiger partial charge on any atom is 0.504 e. The summed E-state index contributed by atoms with van der Waals surface area (Å²) in [7, 11) is -0.259. The minimum absolute atomic E-state index is 0.259. The molecule has 0 aromatic heterocycles. The Bertz CT molecular complexity index is 261. The highest BCUT2D eigenvalue weighted by Gasteiger charge is 2.03. The molecule has 2 nitrogen and oxygen atoms in total. The quantitative estimate of drug-likeness (QED) is 0.666. The van der Waals surface area contributed by atoms with Crippen molar-refractivity contribution in [2.24, 2.45) is 0 Å². The zero-order valence-electron chi connectivity index (χ0n) is 7.72. The first-order valence-electron chi connectivity index (χ1n) is 3.96. The molecule has 0 aliphatic heterocycles. The highest BCUT2D eigenvalue weighted by atomic mass is 16.5. The number of hydrogen-bond acceptors (Lipinski definition) is 2. The van der Waals surface area contributed by atoms with Crippen LogP contribution < -0.4 is 4.65 Å². The fraction of sp³-hybridized carbons (Fsp3) is 0.333. The van der Waals surface area contributed by atoms with E-state index in [1.54, 1.807) is 0 Å². The SMILES string of the molecule is Cc1cc(C)c(OBO)c(C)c1. The van der Waals surface area contributed by atoms with Gasteiger partial charge in [-0.1, -0.05) is 17.7 Å². The number of hydrogen-bond donors (Lipinski definition) is 1. The molecule has 0 saturated carbocycles. The Labute approximate surface area is 73.5 Å². The summed E-state index contributed by atoms with van der Waals surface area (Å²) in [6.07, 6.45) is 0. The van der Waals surface area contributed by atoms with Gasteiger partial charge in [0.25, 0.3) is 0 Å². The van der Waals surface area contributed by atoms with Gasteiger partial charge in [0.1, 0.15) is 5.75 Å². The van der Waals surface area contributed by atoms with Gasteiger partial charge in [0, 0.05) is 0 Å². The second kappa shape index (κ2) is 3.63. The summed E-state index contributed by atoms with van der Waals surface area (Å²) in [5.74, 6) is 0.795. The van der Waals surface area contributed by atoms with Gasteiger partial charge in [-0.05, 0) is 31.9 Å². The van der Waals surface area contributed by atoms with E-state index in [2.05, 4.69) is 0 Å². The number of aryl methyl sites for hydroxylation is 3. The molecule has 12 heavy (non-hydrogen) atoms. The molecule has 0 radical (unpaired) electrons. The van der Waals surface area contributed by atoms with Gasteiger partial charge in [0.2, 0.25) is 0 Å². The Kier molecular flexibility index (Phi) is 2.76. The van der Waals surface area contributed by atoms with Crippen molar-refractivity contribution in [1.82, 2.24) is 0 Å². The van der Waals surface area contributed by atoms with E-state index in [1.807, 2.05) is 32.9 Å². The molecule has 0 amide bonds. The minimum Gasteiger partial charge on any atom is -0.538 e. The fourth-order valence-corrected chi connectivity index (χ4v) is 1.46. The van der Waals surface area contributed by atoms with Crippen LogP contribution in [0.15, 0.2) is 12.1 Å². The van der Waals surface area contributed by atoms with Crippen molar-refractivity contribution in [3.8, 4) is 5.75 Å². The Morgan fingerprint density at radius 1 is 1.17 bits per heavy atom. The second-order valence-corrected chi connectivity index (χ2v) is 3.00. The molecule has 0 spiro atoms. The average Bonchev–Trinajstić information content (AvgIpc) is 1.96. The van der Waals surface area contributed by atoms with Gasteiger partial charge in [-0.15, -0.1) is 0 Å². The van der Waals surface area contributed by atoms with E-state index >= 15 is 0 Å². The van der Waals surface area contributed by atoms with Gasteiger partial charge >= 0.3 is 7.69 Å². The van der Waals surface area contributed by atoms with Gasteiger partial charge in [-0.25, -0.2) is 0 Å². The van der Waals surface area contributed by atoms with E-state index in [1.165, 1.54) is 5.56 Å². The number of benzene rings is 1. The molecule has 1 aromatic carbocycles. The van der Waals surface area contributed by atoms with Crippen LogP contribution >= 0.6 is 0 Å². The zero-order valence-corrected chi connectivity index (χ0v) is 7.72. The van der Waals surface area contributed by atoms with Crippen LogP contribution in [0.3, 0.4) is 0 Å².